The van der Waals surface area contributed by atoms with Gasteiger partial charge in [0, 0.05) is 35.0 Å². The minimum absolute atomic E-state index is 0.0343. The second-order valence-corrected chi connectivity index (χ2v) is 9.33. The molecule has 0 fully saturated rings. The number of amides is 1. The molecule has 1 atom stereocenters. The maximum Gasteiger partial charge on any atom is 0.573 e. The van der Waals surface area contributed by atoms with Gasteiger partial charge in [-0.3, -0.25) is 4.79 Å². The molecule has 0 saturated carbocycles. The van der Waals surface area contributed by atoms with Crippen molar-refractivity contribution in [1.82, 2.24) is 0 Å². The Balaban J connectivity index is 1.69. The summed E-state index contributed by atoms with van der Waals surface area (Å²) in [4.78, 5) is 20.5. The number of aliphatic hydroxyl groups excluding tert-OH is 1. The van der Waals surface area contributed by atoms with Crippen molar-refractivity contribution in [3.05, 3.63) is 82.4 Å². The number of nitrogens with zero attached hydrogens (tertiary/aromatic N) is 2. The molecule has 2 N–H and O–H groups in total. The molecule has 212 valence electrons. The quantitative estimate of drug-likeness (QED) is 0.182. The number of ether oxygens (including phenoxy) is 2. The molecule has 0 radical (unpaired) electrons. The van der Waals surface area contributed by atoms with Crippen LogP contribution < -0.4 is 19.7 Å². The molecular formula is C28H27ClF3N3O5. The number of fused-ring (bicyclic) bond motifs is 1. The minimum Gasteiger partial charge on any atom is -0.497 e. The van der Waals surface area contributed by atoms with Crippen LogP contribution in [-0.4, -0.2) is 50.0 Å². The Labute approximate surface area is 233 Å². The van der Waals surface area contributed by atoms with Crippen molar-refractivity contribution in [2.24, 2.45) is 5.16 Å². The van der Waals surface area contributed by atoms with E-state index in [-0.39, 0.29) is 25.7 Å². The second kappa shape index (κ2) is 12.5. The van der Waals surface area contributed by atoms with Crippen LogP contribution in [0, 0.1) is 0 Å². The van der Waals surface area contributed by atoms with Gasteiger partial charge in [-0.2, -0.15) is 0 Å². The lowest BCUT2D eigenvalue weighted by Gasteiger charge is -2.27. The van der Waals surface area contributed by atoms with Crippen LogP contribution in [-0.2, 0) is 16.1 Å². The van der Waals surface area contributed by atoms with Gasteiger partial charge in [0.25, 0.3) is 5.91 Å². The van der Waals surface area contributed by atoms with Gasteiger partial charge in [-0.05, 0) is 54.8 Å². The van der Waals surface area contributed by atoms with Crippen molar-refractivity contribution in [2.75, 3.05) is 37.1 Å². The first-order valence-corrected chi connectivity index (χ1v) is 12.6. The highest BCUT2D eigenvalue weighted by molar-refractivity contribution is 6.30. The molecule has 1 aliphatic heterocycles. The molecular weight excluding hydrogens is 551 g/mol. The predicted octanol–water partition coefficient (Wildman–Crippen LogP) is 5.72. The fraction of sp³-hybridized carbons (Fsp3) is 0.286. The molecule has 3 aromatic carbocycles. The number of carbonyl (C=O) groups excluding carboxylic acids is 1. The Kier molecular flexibility index (Phi) is 9.06. The molecule has 40 heavy (non-hydrogen) atoms. The SMILES string of the molecule is COc1cc(NC(C(=O)N2CCc3ccc(OC(F)(F)F)cc32)c2ccc(Cl)cc2)cc(/C(C)=N/OCCO)c1. The Morgan fingerprint density at radius 3 is 2.55 bits per heavy atom. The smallest absolute Gasteiger partial charge is 0.497 e. The van der Waals surface area contributed by atoms with Gasteiger partial charge < -0.3 is 29.6 Å². The van der Waals surface area contributed by atoms with E-state index in [0.717, 1.165) is 5.56 Å². The normalized spacial score (nSPS) is 14.0. The zero-order valence-corrected chi connectivity index (χ0v) is 22.4. The summed E-state index contributed by atoms with van der Waals surface area (Å²) in [5.74, 6) is -0.302. The highest BCUT2D eigenvalue weighted by Gasteiger charge is 2.34. The van der Waals surface area contributed by atoms with Crippen LogP contribution in [0.15, 0.2) is 65.8 Å². The standard InChI is InChI=1S/C28H27ClF3N3O5/c1-17(34-39-12-11-36)20-13-22(15-24(14-20)38-2)33-26(19-3-6-21(29)7-4-19)27(37)35-10-9-18-5-8-23(16-25(18)35)40-28(30,31)32/h3-8,13-16,26,33,36H,9-12H2,1-2H3/b34-17+. The number of oxime groups is 1. The number of anilines is 2. The maximum atomic E-state index is 14.0. The third kappa shape index (κ3) is 7.16. The van der Waals surface area contributed by atoms with E-state index in [0.29, 0.717) is 45.4 Å². The largest absolute Gasteiger partial charge is 0.573 e. The van der Waals surface area contributed by atoms with Crippen LogP contribution in [0.5, 0.6) is 11.5 Å². The van der Waals surface area contributed by atoms with E-state index in [4.69, 9.17) is 26.3 Å². The zero-order valence-electron chi connectivity index (χ0n) is 21.7. The predicted molar refractivity (Wildman–Crippen MR) is 145 cm³/mol. The molecule has 0 saturated heterocycles. The third-order valence-electron chi connectivity index (χ3n) is 6.16. The molecule has 1 amide bonds. The average Bonchev–Trinajstić information content (AvgIpc) is 3.34. The van der Waals surface area contributed by atoms with E-state index in [9.17, 15) is 18.0 Å². The van der Waals surface area contributed by atoms with E-state index in [1.54, 1.807) is 49.4 Å². The van der Waals surface area contributed by atoms with Gasteiger partial charge in [0.05, 0.1) is 25.1 Å². The second-order valence-electron chi connectivity index (χ2n) is 8.89. The van der Waals surface area contributed by atoms with Gasteiger partial charge in [0.1, 0.15) is 24.1 Å². The maximum absolute atomic E-state index is 14.0. The van der Waals surface area contributed by atoms with Crippen molar-refractivity contribution >= 4 is 34.6 Å². The number of aliphatic hydroxyl groups is 1. The molecule has 8 nitrogen and oxygen atoms in total. The zero-order chi connectivity index (χ0) is 28.9. The van der Waals surface area contributed by atoms with Gasteiger partial charge in [0.2, 0.25) is 0 Å². The molecule has 12 heteroatoms. The molecule has 1 heterocycles. The number of hydrogen-bond donors (Lipinski definition) is 2. The molecule has 1 unspecified atom stereocenters. The van der Waals surface area contributed by atoms with Crippen molar-refractivity contribution in [3.8, 4) is 11.5 Å². The summed E-state index contributed by atoms with van der Waals surface area (Å²) < 4.78 is 48.1. The lowest BCUT2D eigenvalue weighted by atomic mass is 10.0. The van der Waals surface area contributed by atoms with Crippen LogP contribution in [0.1, 0.15) is 29.7 Å². The number of hydrogen-bond acceptors (Lipinski definition) is 7. The van der Waals surface area contributed by atoms with Gasteiger partial charge in [-0.1, -0.05) is 35.0 Å². The Morgan fingerprint density at radius 1 is 1.12 bits per heavy atom. The van der Waals surface area contributed by atoms with Crippen LogP contribution in [0.2, 0.25) is 5.02 Å². The lowest BCUT2D eigenvalue weighted by molar-refractivity contribution is -0.274. The third-order valence-corrected chi connectivity index (χ3v) is 6.41. The van der Waals surface area contributed by atoms with Crippen molar-refractivity contribution in [1.29, 1.82) is 0 Å². The lowest BCUT2D eigenvalue weighted by Crippen LogP contribution is -2.37. The Bertz CT molecular complexity index is 1380. The molecule has 1 aliphatic rings. The molecule has 0 aliphatic carbocycles. The van der Waals surface area contributed by atoms with Gasteiger partial charge in [-0.15, -0.1) is 13.2 Å². The number of carbonyl (C=O) groups is 1. The topological polar surface area (TPSA) is 92.6 Å². The summed E-state index contributed by atoms with van der Waals surface area (Å²) in [5, 5.41) is 16.7. The Hall–Kier alpha value is -3.96. The summed E-state index contributed by atoms with van der Waals surface area (Å²) in [6.07, 6.45) is -4.38. The first kappa shape index (κ1) is 29.0. The van der Waals surface area contributed by atoms with E-state index in [2.05, 4.69) is 15.2 Å². The fourth-order valence-electron chi connectivity index (χ4n) is 4.30. The van der Waals surface area contributed by atoms with E-state index in [1.165, 1.54) is 30.2 Å². The van der Waals surface area contributed by atoms with E-state index in [1.807, 2.05) is 0 Å². The Morgan fingerprint density at radius 2 is 1.88 bits per heavy atom. The van der Waals surface area contributed by atoms with E-state index < -0.39 is 18.2 Å². The first-order chi connectivity index (χ1) is 19.1. The number of benzene rings is 3. The summed E-state index contributed by atoms with van der Waals surface area (Å²) >= 11 is 6.09. The average molecular weight is 578 g/mol. The molecule has 0 aromatic heterocycles. The molecule has 0 spiro atoms. The number of nitrogens with one attached hydrogen (secondary N) is 1. The minimum atomic E-state index is -4.86. The fourth-order valence-corrected chi connectivity index (χ4v) is 4.42. The van der Waals surface area contributed by atoms with Crippen molar-refractivity contribution < 1.29 is 37.4 Å². The van der Waals surface area contributed by atoms with Gasteiger partial charge in [-0.25, -0.2) is 0 Å². The molecule has 0 bridgehead atoms. The van der Waals surface area contributed by atoms with Crippen molar-refractivity contribution in [3.63, 3.8) is 0 Å². The summed E-state index contributed by atoms with van der Waals surface area (Å²) in [5.41, 5.74) is 3.34. The van der Waals surface area contributed by atoms with Gasteiger partial charge >= 0.3 is 6.36 Å². The summed E-state index contributed by atoms with van der Waals surface area (Å²) in [6.45, 7) is 1.86. The highest BCUT2D eigenvalue weighted by Crippen LogP contribution is 2.36. The highest BCUT2D eigenvalue weighted by atomic mass is 35.5. The summed E-state index contributed by atoms with van der Waals surface area (Å²) in [6, 6.07) is 15.0. The number of rotatable bonds is 10. The number of halogens is 4. The van der Waals surface area contributed by atoms with Crippen LogP contribution in [0.4, 0.5) is 24.5 Å². The van der Waals surface area contributed by atoms with Crippen molar-refractivity contribution in [2.45, 2.75) is 25.7 Å². The number of alkyl halides is 3. The van der Waals surface area contributed by atoms with E-state index >= 15 is 0 Å². The number of methoxy groups -OCH3 is 1. The molecule has 4 rings (SSSR count). The van der Waals surface area contributed by atoms with Crippen LogP contribution in [0.3, 0.4) is 0 Å². The van der Waals surface area contributed by atoms with Crippen LogP contribution >= 0.6 is 11.6 Å². The first-order valence-electron chi connectivity index (χ1n) is 12.3. The summed E-state index contributed by atoms with van der Waals surface area (Å²) in [7, 11) is 1.50. The van der Waals surface area contributed by atoms with Gasteiger partial charge in [0.15, 0.2) is 0 Å². The van der Waals surface area contributed by atoms with Crippen LogP contribution in [0.25, 0.3) is 0 Å². The monoisotopic (exact) mass is 577 g/mol. The molecule has 3 aromatic rings.